The third-order valence-electron chi connectivity index (χ3n) is 2.62. The second kappa shape index (κ2) is 5.44. The van der Waals surface area contributed by atoms with Gasteiger partial charge in [-0.2, -0.15) is 5.10 Å². The van der Waals surface area contributed by atoms with Crippen molar-refractivity contribution in [1.29, 1.82) is 0 Å². The van der Waals surface area contributed by atoms with Gasteiger partial charge in [0.15, 0.2) is 5.78 Å². The van der Waals surface area contributed by atoms with Gasteiger partial charge in [0.25, 0.3) is 0 Å². The van der Waals surface area contributed by atoms with E-state index < -0.39 is 0 Å². The van der Waals surface area contributed by atoms with Gasteiger partial charge >= 0.3 is 0 Å². The van der Waals surface area contributed by atoms with Crippen LogP contribution in [0.5, 0.6) is 0 Å². The minimum atomic E-state index is -0.370. The molecule has 3 nitrogen and oxygen atoms in total. The molecule has 1 aromatic carbocycles. The third kappa shape index (κ3) is 2.85. The number of aromatic nitrogens is 2. The summed E-state index contributed by atoms with van der Waals surface area (Å²) in [5, 5.41) is 4.11. The van der Waals surface area contributed by atoms with Gasteiger partial charge in [-0.15, -0.1) is 0 Å². The average Bonchev–Trinajstić information content (AvgIpc) is 2.80. The lowest BCUT2D eigenvalue weighted by Gasteiger charge is -2.01. The molecule has 0 spiro atoms. The fourth-order valence-electron chi connectivity index (χ4n) is 1.63. The van der Waals surface area contributed by atoms with Gasteiger partial charge in [0.05, 0.1) is 10.7 Å². The van der Waals surface area contributed by atoms with Crippen molar-refractivity contribution in [3.8, 4) is 0 Å². The normalized spacial score (nSPS) is 10.6. The van der Waals surface area contributed by atoms with Gasteiger partial charge in [0, 0.05) is 24.7 Å². The standard InChI is InChI=1S/C13H12BrFN2O/c1-2-17-8-9(7-16-17)5-13(18)10-3-4-12(15)11(14)6-10/h3-4,6-8H,2,5H2,1H3. The van der Waals surface area contributed by atoms with Crippen LogP contribution in [0, 0.1) is 5.82 Å². The fourth-order valence-corrected chi connectivity index (χ4v) is 2.01. The van der Waals surface area contributed by atoms with Gasteiger partial charge in [-0.3, -0.25) is 9.48 Å². The maximum Gasteiger partial charge on any atom is 0.167 e. The second-order valence-electron chi connectivity index (χ2n) is 3.93. The first kappa shape index (κ1) is 13.0. The maximum atomic E-state index is 13.1. The molecule has 0 N–H and O–H groups in total. The SMILES string of the molecule is CCn1cc(CC(=O)c2ccc(F)c(Br)c2)cn1. The van der Waals surface area contributed by atoms with E-state index in [4.69, 9.17) is 0 Å². The molecule has 0 saturated carbocycles. The van der Waals surface area contributed by atoms with Gasteiger partial charge in [-0.25, -0.2) is 4.39 Å². The summed E-state index contributed by atoms with van der Waals surface area (Å²) >= 11 is 3.07. The Kier molecular flexibility index (Phi) is 3.91. The van der Waals surface area contributed by atoms with Gasteiger partial charge < -0.3 is 0 Å². The summed E-state index contributed by atoms with van der Waals surface area (Å²) in [6, 6.07) is 4.28. The van der Waals surface area contributed by atoms with Crippen LogP contribution in [-0.2, 0) is 13.0 Å². The molecule has 0 fully saturated rings. The first-order chi connectivity index (χ1) is 8.60. The number of carbonyl (C=O) groups is 1. The zero-order chi connectivity index (χ0) is 13.1. The van der Waals surface area contributed by atoms with E-state index in [-0.39, 0.29) is 18.0 Å². The summed E-state index contributed by atoms with van der Waals surface area (Å²) in [4.78, 5) is 12.0. The summed E-state index contributed by atoms with van der Waals surface area (Å²) in [6.45, 7) is 2.76. The molecule has 0 saturated heterocycles. The minimum Gasteiger partial charge on any atom is -0.294 e. The van der Waals surface area contributed by atoms with Gasteiger partial charge in [0.1, 0.15) is 5.82 Å². The van der Waals surface area contributed by atoms with Crippen molar-refractivity contribution in [2.24, 2.45) is 0 Å². The number of carbonyl (C=O) groups excluding carboxylic acids is 1. The molecule has 0 aliphatic carbocycles. The smallest absolute Gasteiger partial charge is 0.167 e. The van der Waals surface area contributed by atoms with Crippen LogP contribution >= 0.6 is 15.9 Å². The van der Waals surface area contributed by atoms with E-state index in [1.165, 1.54) is 18.2 Å². The number of halogens is 2. The third-order valence-corrected chi connectivity index (χ3v) is 3.22. The van der Waals surface area contributed by atoms with Crippen LogP contribution in [0.2, 0.25) is 0 Å². The Hall–Kier alpha value is -1.49. The largest absolute Gasteiger partial charge is 0.294 e. The molecule has 0 radical (unpaired) electrons. The predicted octanol–water partition coefficient (Wildman–Crippen LogP) is 3.23. The molecule has 0 bridgehead atoms. The Balaban J connectivity index is 2.14. The molecule has 94 valence electrons. The Bertz CT molecular complexity index is 580. The molecule has 0 aliphatic rings. The van der Waals surface area contributed by atoms with Crippen molar-refractivity contribution < 1.29 is 9.18 Å². The zero-order valence-corrected chi connectivity index (χ0v) is 11.4. The number of rotatable bonds is 4. The summed E-state index contributed by atoms with van der Waals surface area (Å²) in [6.07, 6.45) is 3.80. The quantitative estimate of drug-likeness (QED) is 0.813. The van der Waals surface area contributed by atoms with Gasteiger partial charge in [0.2, 0.25) is 0 Å². The first-order valence-electron chi connectivity index (χ1n) is 5.59. The molecular weight excluding hydrogens is 299 g/mol. The molecule has 0 aliphatic heterocycles. The predicted molar refractivity (Wildman–Crippen MR) is 70.0 cm³/mol. The topological polar surface area (TPSA) is 34.9 Å². The van der Waals surface area contributed by atoms with Crippen LogP contribution in [0.3, 0.4) is 0 Å². The number of hydrogen-bond acceptors (Lipinski definition) is 2. The lowest BCUT2D eigenvalue weighted by Crippen LogP contribution is -2.03. The first-order valence-corrected chi connectivity index (χ1v) is 6.39. The molecule has 2 rings (SSSR count). The van der Waals surface area contributed by atoms with Crippen molar-refractivity contribution in [2.75, 3.05) is 0 Å². The number of hydrogen-bond donors (Lipinski definition) is 0. The average molecular weight is 311 g/mol. The van der Waals surface area contributed by atoms with Crippen molar-refractivity contribution in [3.05, 3.63) is 52.0 Å². The Morgan fingerprint density at radius 2 is 2.28 bits per heavy atom. The Morgan fingerprint density at radius 1 is 1.50 bits per heavy atom. The monoisotopic (exact) mass is 310 g/mol. The summed E-state index contributed by atoms with van der Waals surface area (Å²) in [5.41, 5.74) is 1.36. The highest BCUT2D eigenvalue weighted by Crippen LogP contribution is 2.18. The second-order valence-corrected chi connectivity index (χ2v) is 4.79. The molecule has 1 aromatic heterocycles. The van der Waals surface area contributed by atoms with Crippen LogP contribution < -0.4 is 0 Å². The maximum absolute atomic E-state index is 13.1. The molecule has 2 aromatic rings. The van der Waals surface area contributed by atoms with Crippen molar-refractivity contribution in [2.45, 2.75) is 19.9 Å². The van der Waals surface area contributed by atoms with E-state index in [0.717, 1.165) is 12.1 Å². The van der Waals surface area contributed by atoms with Crippen LogP contribution in [0.1, 0.15) is 22.8 Å². The molecular formula is C13H12BrFN2O. The minimum absolute atomic E-state index is 0.0497. The number of benzene rings is 1. The highest BCUT2D eigenvalue weighted by molar-refractivity contribution is 9.10. The summed E-state index contributed by atoms with van der Waals surface area (Å²) < 4.78 is 15.1. The van der Waals surface area contributed by atoms with E-state index in [2.05, 4.69) is 21.0 Å². The van der Waals surface area contributed by atoms with Gasteiger partial charge in [-0.1, -0.05) is 0 Å². The molecule has 0 unspecified atom stereocenters. The Morgan fingerprint density at radius 3 is 2.89 bits per heavy atom. The van der Waals surface area contributed by atoms with Crippen molar-refractivity contribution in [1.82, 2.24) is 9.78 Å². The molecule has 5 heteroatoms. The van der Waals surface area contributed by atoms with Gasteiger partial charge in [-0.05, 0) is 46.6 Å². The fraction of sp³-hybridized carbons (Fsp3) is 0.231. The number of nitrogens with zero attached hydrogens (tertiary/aromatic N) is 2. The van der Waals surface area contributed by atoms with Crippen LogP contribution in [0.15, 0.2) is 35.1 Å². The van der Waals surface area contributed by atoms with Crippen LogP contribution in [0.25, 0.3) is 0 Å². The number of ketones is 1. The van der Waals surface area contributed by atoms with E-state index >= 15 is 0 Å². The zero-order valence-electron chi connectivity index (χ0n) is 9.86. The lowest BCUT2D eigenvalue weighted by molar-refractivity contribution is 0.0993. The van der Waals surface area contributed by atoms with E-state index in [1.807, 2.05) is 13.1 Å². The molecule has 18 heavy (non-hydrogen) atoms. The molecule has 0 atom stereocenters. The van der Waals surface area contributed by atoms with Crippen LogP contribution in [-0.4, -0.2) is 15.6 Å². The highest BCUT2D eigenvalue weighted by Gasteiger charge is 2.10. The van der Waals surface area contributed by atoms with E-state index in [9.17, 15) is 9.18 Å². The van der Waals surface area contributed by atoms with Crippen molar-refractivity contribution in [3.63, 3.8) is 0 Å². The lowest BCUT2D eigenvalue weighted by atomic mass is 10.1. The highest BCUT2D eigenvalue weighted by atomic mass is 79.9. The summed E-state index contributed by atoms with van der Waals surface area (Å²) in [7, 11) is 0. The Labute approximate surface area is 113 Å². The van der Waals surface area contributed by atoms with Crippen molar-refractivity contribution >= 4 is 21.7 Å². The van der Waals surface area contributed by atoms with E-state index in [1.54, 1.807) is 10.9 Å². The summed E-state index contributed by atoms with van der Waals surface area (Å²) in [5.74, 6) is -0.420. The van der Waals surface area contributed by atoms with Crippen LogP contribution in [0.4, 0.5) is 4.39 Å². The number of Topliss-reactive ketones (excluding diaryl/α,β-unsaturated/α-hetero) is 1. The number of aryl methyl sites for hydroxylation is 1. The molecule has 0 amide bonds. The van der Waals surface area contributed by atoms with E-state index in [0.29, 0.717) is 10.0 Å². The molecule has 1 heterocycles.